The summed E-state index contributed by atoms with van der Waals surface area (Å²) >= 11 is 0. The number of esters is 2. The Bertz CT molecular complexity index is 564. The minimum Gasteiger partial charge on any atom is -0.463 e. The van der Waals surface area contributed by atoms with Crippen LogP contribution in [0.4, 0.5) is 0 Å². The highest BCUT2D eigenvalue weighted by Gasteiger charge is 2.39. The van der Waals surface area contributed by atoms with Gasteiger partial charge in [-0.25, -0.2) is 9.59 Å². The van der Waals surface area contributed by atoms with Crippen LogP contribution in [0.25, 0.3) is 0 Å². The molecule has 0 aromatic rings. The lowest BCUT2D eigenvalue weighted by Crippen LogP contribution is -2.50. The van der Waals surface area contributed by atoms with Crippen molar-refractivity contribution in [2.24, 2.45) is 0 Å². The first kappa shape index (κ1) is 16.1. The average molecular weight is 308 g/mol. The van der Waals surface area contributed by atoms with Gasteiger partial charge in [-0.15, -0.1) is 0 Å². The van der Waals surface area contributed by atoms with Crippen LogP contribution < -0.4 is 5.32 Å². The van der Waals surface area contributed by atoms with E-state index >= 15 is 0 Å². The molecule has 2 aliphatic heterocycles. The standard InChI is InChI=1S/C15H20N2O5/c1-4-21-14(19)10-7-6-9(3)17-12(10)16-8-11(13(17)18)15(20)22-5-2/h8-9,16H,4-7H2,1-3H3. The fourth-order valence-electron chi connectivity index (χ4n) is 2.53. The molecular weight excluding hydrogens is 288 g/mol. The van der Waals surface area contributed by atoms with Crippen molar-refractivity contribution < 1.29 is 23.9 Å². The van der Waals surface area contributed by atoms with Crippen LogP contribution >= 0.6 is 0 Å². The van der Waals surface area contributed by atoms with Crippen molar-refractivity contribution in [3.63, 3.8) is 0 Å². The number of fused-ring (bicyclic) bond motifs is 1. The lowest BCUT2D eigenvalue weighted by atomic mass is 9.97. The van der Waals surface area contributed by atoms with E-state index in [2.05, 4.69) is 5.32 Å². The Morgan fingerprint density at radius 1 is 1.27 bits per heavy atom. The molecule has 0 fully saturated rings. The molecule has 0 aliphatic carbocycles. The summed E-state index contributed by atoms with van der Waals surface area (Å²) in [5.74, 6) is -1.17. The Hall–Kier alpha value is -2.31. The third kappa shape index (κ3) is 2.84. The van der Waals surface area contributed by atoms with Crippen LogP contribution in [0, 0.1) is 0 Å². The van der Waals surface area contributed by atoms with Gasteiger partial charge in [-0.3, -0.25) is 9.69 Å². The minimum atomic E-state index is -0.672. The number of nitrogens with zero attached hydrogens (tertiary/aromatic N) is 1. The van der Waals surface area contributed by atoms with Crippen LogP contribution in [0.5, 0.6) is 0 Å². The molecule has 2 rings (SSSR count). The first-order valence-corrected chi connectivity index (χ1v) is 7.38. The Balaban J connectivity index is 2.37. The van der Waals surface area contributed by atoms with Crippen molar-refractivity contribution >= 4 is 17.8 Å². The quantitative estimate of drug-likeness (QED) is 0.611. The summed E-state index contributed by atoms with van der Waals surface area (Å²) in [7, 11) is 0. The average Bonchev–Trinajstić information content (AvgIpc) is 2.48. The van der Waals surface area contributed by atoms with E-state index in [4.69, 9.17) is 9.47 Å². The summed E-state index contributed by atoms with van der Waals surface area (Å²) in [6.07, 6.45) is 2.44. The molecule has 0 bridgehead atoms. The number of ether oxygens (including phenoxy) is 2. The summed E-state index contributed by atoms with van der Waals surface area (Å²) < 4.78 is 9.90. The largest absolute Gasteiger partial charge is 0.463 e. The zero-order valence-corrected chi connectivity index (χ0v) is 13.0. The van der Waals surface area contributed by atoms with Gasteiger partial charge in [0.2, 0.25) is 0 Å². The Morgan fingerprint density at radius 2 is 1.91 bits per heavy atom. The topological polar surface area (TPSA) is 84.9 Å². The second kappa shape index (κ2) is 6.64. The number of amides is 1. The molecule has 2 aliphatic rings. The van der Waals surface area contributed by atoms with Crippen molar-refractivity contribution in [2.75, 3.05) is 13.2 Å². The lowest BCUT2D eigenvalue weighted by molar-refractivity contribution is -0.142. The van der Waals surface area contributed by atoms with Gasteiger partial charge in [-0.2, -0.15) is 0 Å². The fraction of sp³-hybridized carbons (Fsp3) is 0.533. The first-order valence-electron chi connectivity index (χ1n) is 7.38. The molecule has 22 heavy (non-hydrogen) atoms. The third-order valence-corrected chi connectivity index (χ3v) is 3.60. The smallest absolute Gasteiger partial charge is 0.345 e. The van der Waals surface area contributed by atoms with Crippen LogP contribution in [-0.2, 0) is 23.9 Å². The number of rotatable bonds is 4. The van der Waals surface area contributed by atoms with Crippen molar-refractivity contribution in [1.82, 2.24) is 10.2 Å². The molecule has 1 atom stereocenters. The van der Waals surface area contributed by atoms with Crippen LogP contribution in [0.3, 0.4) is 0 Å². The van der Waals surface area contributed by atoms with Crippen LogP contribution in [-0.4, -0.2) is 42.0 Å². The Kier molecular flexibility index (Phi) is 4.85. The summed E-state index contributed by atoms with van der Waals surface area (Å²) in [5.41, 5.74) is 0.356. The number of hydrogen-bond acceptors (Lipinski definition) is 6. The zero-order chi connectivity index (χ0) is 16.3. The second-order valence-corrected chi connectivity index (χ2v) is 5.03. The number of nitrogens with one attached hydrogen (secondary N) is 1. The normalized spacial score (nSPS) is 20.9. The monoisotopic (exact) mass is 308 g/mol. The highest BCUT2D eigenvalue weighted by Crippen LogP contribution is 2.30. The van der Waals surface area contributed by atoms with Gasteiger partial charge in [0.1, 0.15) is 11.4 Å². The van der Waals surface area contributed by atoms with E-state index in [1.54, 1.807) is 13.8 Å². The molecule has 0 saturated heterocycles. The maximum Gasteiger partial charge on any atom is 0.345 e. The summed E-state index contributed by atoms with van der Waals surface area (Å²) in [4.78, 5) is 37.8. The number of carbonyl (C=O) groups is 3. The third-order valence-electron chi connectivity index (χ3n) is 3.60. The summed E-state index contributed by atoms with van der Waals surface area (Å²) in [6.45, 7) is 5.73. The van der Waals surface area contributed by atoms with Gasteiger partial charge < -0.3 is 14.8 Å². The molecule has 2 heterocycles. The van der Waals surface area contributed by atoms with Gasteiger partial charge in [0.25, 0.3) is 5.91 Å². The molecule has 0 aromatic carbocycles. The van der Waals surface area contributed by atoms with E-state index in [1.807, 2.05) is 6.92 Å². The molecule has 0 radical (unpaired) electrons. The van der Waals surface area contributed by atoms with E-state index < -0.39 is 17.8 Å². The number of hydrogen-bond donors (Lipinski definition) is 1. The van der Waals surface area contributed by atoms with E-state index in [0.717, 1.165) is 0 Å². The predicted octanol–water partition coefficient (Wildman–Crippen LogP) is 0.822. The summed E-state index contributed by atoms with van der Waals surface area (Å²) in [5, 5.41) is 2.88. The van der Waals surface area contributed by atoms with E-state index in [-0.39, 0.29) is 24.8 Å². The van der Waals surface area contributed by atoms with Crippen LogP contribution in [0.2, 0.25) is 0 Å². The zero-order valence-electron chi connectivity index (χ0n) is 13.0. The molecule has 1 amide bonds. The molecule has 0 spiro atoms. The van der Waals surface area contributed by atoms with Crippen molar-refractivity contribution in [3.05, 3.63) is 23.2 Å². The van der Waals surface area contributed by atoms with E-state index in [0.29, 0.717) is 24.2 Å². The van der Waals surface area contributed by atoms with E-state index in [1.165, 1.54) is 11.1 Å². The minimum absolute atomic E-state index is 0.0671. The van der Waals surface area contributed by atoms with Crippen LogP contribution in [0.1, 0.15) is 33.6 Å². The molecule has 120 valence electrons. The van der Waals surface area contributed by atoms with Gasteiger partial charge in [0.05, 0.1) is 18.8 Å². The van der Waals surface area contributed by atoms with Crippen LogP contribution in [0.15, 0.2) is 23.2 Å². The fourth-order valence-corrected chi connectivity index (χ4v) is 2.53. The lowest BCUT2D eigenvalue weighted by Gasteiger charge is -2.38. The van der Waals surface area contributed by atoms with Crippen molar-refractivity contribution in [2.45, 2.75) is 39.7 Å². The van der Waals surface area contributed by atoms with Crippen molar-refractivity contribution in [1.29, 1.82) is 0 Å². The number of carbonyl (C=O) groups excluding carboxylic acids is 3. The molecule has 1 N–H and O–H groups in total. The van der Waals surface area contributed by atoms with Gasteiger partial charge >= 0.3 is 11.9 Å². The maximum absolute atomic E-state index is 12.5. The molecular formula is C15H20N2O5. The highest BCUT2D eigenvalue weighted by molar-refractivity contribution is 6.17. The van der Waals surface area contributed by atoms with Crippen molar-refractivity contribution in [3.8, 4) is 0 Å². The Labute approximate surface area is 128 Å². The predicted molar refractivity (Wildman–Crippen MR) is 77.1 cm³/mol. The molecule has 1 unspecified atom stereocenters. The van der Waals surface area contributed by atoms with Gasteiger partial charge in [-0.1, -0.05) is 0 Å². The molecule has 7 nitrogen and oxygen atoms in total. The first-order chi connectivity index (χ1) is 10.5. The molecule has 0 saturated carbocycles. The molecule has 0 aromatic heterocycles. The second-order valence-electron chi connectivity index (χ2n) is 5.03. The molecule has 7 heteroatoms. The van der Waals surface area contributed by atoms with Gasteiger partial charge in [-0.05, 0) is 33.6 Å². The van der Waals surface area contributed by atoms with E-state index in [9.17, 15) is 14.4 Å². The maximum atomic E-state index is 12.5. The van der Waals surface area contributed by atoms with Gasteiger partial charge in [0.15, 0.2) is 0 Å². The Morgan fingerprint density at radius 3 is 2.55 bits per heavy atom. The van der Waals surface area contributed by atoms with Gasteiger partial charge in [0, 0.05) is 12.2 Å². The summed E-state index contributed by atoms with van der Waals surface area (Å²) in [6, 6.07) is -0.119. The SMILES string of the molecule is CCOC(=O)C1=CNC2=C(C(=O)OCC)CCC(C)N2C1=O. The highest BCUT2D eigenvalue weighted by atomic mass is 16.5.